The van der Waals surface area contributed by atoms with E-state index in [1.165, 1.54) is 16.8 Å². The monoisotopic (exact) mass is 191 g/mol. The van der Waals surface area contributed by atoms with Crippen molar-refractivity contribution in [2.75, 3.05) is 11.9 Å². The number of aryl methyl sites for hydroxylation is 1. The molecule has 1 aromatic rings. The van der Waals surface area contributed by atoms with Crippen LogP contribution in [-0.4, -0.2) is 6.54 Å². The lowest BCUT2D eigenvalue weighted by molar-refractivity contribution is 0.590. The topological polar surface area (TPSA) is 12.0 Å². The maximum atomic E-state index is 3.39. The molecule has 1 nitrogen and oxygen atoms in total. The van der Waals surface area contributed by atoms with Crippen LogP contribution in [0.2, 0.25) is 0 Å². The number of hydrogen-bond acceptors (Lipinski definition) is 1. The van der Waals surface area contributed by atoms with Gasteiger partial charge in [0.05, 0.1) is 0 Å². The van der Waals surface area contributed by atoms with Crippen LogP contribution in [0.25, 0.3) is 0 Å². The molecule has 0 saturated carbocycles. The number of anilines is 1. The van der Waals surface area contributed by atoms with Crippen LogP contribution in [0.5, 0.6) is 0 Å². The van der Waals surface area contributed by atoms with Gasteiger partial charge < -0.3 is 5.32 Å². The third kappa shape index (κ3) is 2.50. The van der Waals surface area contributed by atoms with Crippen molar-refractivity contribution < 1.29 is 0 Å². The van der Waals surface area contributed by atoms with Crippen LogP contribution in [0.3, 0.4) is 0 Å². The van der Waals surface area contributed by atoms with E-state index >= 15 is 0 Å². The normalized spacial score (nSPS) is 11.5. The van der Waals surface area contributed by atoms with Gasteiger partial charge in [-0.2, -0.15) is 0 Å². The molecule has 0 fully saturated rings. The molecular weight excluding hydrogens is 170 g/mol. The fourth-order valence-corrected chi connectivity index (χ4v) is 1.47. The van der Waals surface area contributed by atoms with Gasteiger partial charge in [-0.15, -0.1) is 0 Å². The van der Waals surface area contributed by atoms with Crippen LogP contribution < -0.4 is 5.32 Å². The summed E-state index contributed by atoms with van der Waals surface area (Å²) in [6.45, 7) is 12.0. The van der Waals surface area contributed by atoms with E-state index in [9.17, 15) is 0 Å². The number of hydrogen-bond donors (Lipinski definition) is 1. The predicted octanol–water partition coefficient (Wildman–Crippen LogP) is 3.72. The Kier molecular flexibility index (Phi) is 3.20. The van der Waals surface area contributed by atoms with Crippen LogP contribution in [0.4, 0.5) is 5.69 Å². The van der Waals surface area contributed by atoms with Crippen molar-refractivity contribution in [2.24, 2.45) is 0 Å². The van der Waals surface area contributed by atoms with Crippen molar-refractivity contribution in [3.8, 4) is 0 Å². The first kappa shape index (κ1) is 11.1. The van der Waals surface area contributed by atoms with Gasteiger partial charge >= 0.3 is 0 Å². The second-order valence-corrected chi connectivity index (χ2v) is 4.81. The summed E-state index contributed by atoms with van der Waals surface area (Å²) in [4.78, 5) is 0. The lowest BCUT2D eigenvalue weighted by Gasteiger charge is -2.21. The van der Waals surface area contributed by atoms with Crippen molar-refractivity contribution in [1.29, 1.82) is 0 Å². The first-order valence-corrected chi connectivity index (χ1v) is 5.30. The fourth-order valence-electron chi connectivity index (χ4n) is 1.47. The Bertz CT molecular complexity index is 308. The Morgan fingerprint density at radius 1 is 1.21 bits per heavy atom. The zero-order valence-corrected chi connectivity index (χ0v) is 9.94. The molecule has 1 rings (SSSR count). The smallest absolute Gasteiger partial charge is 0.0372 e. The Hall–Kier alpha value is -0.980. The largest absolute Gasteiger partial charge is 0.385 e. The standard InChI is InChI=1S/C13H21N/c1-6-14-12-9-11(13(3,4)5)8-7-10(12)2/h7-9,14H,6H2,1-5H3. The lowest BCUT2D eigenvalue weighted by atomic mass is 9.86. The summed E-state index contributed by atoms with van der Waals surface area (Å²) in [6, 6.07) is 6.67. The molecule has 0 saturated heterocycles. The maximum Gasteiger partial charge on any atom is 0.0372 e. The molecule has 0 spiro atoms. The summed E-state index contributed by atoms with van der Waals surface area (Å²) in [5, 5.41) is 3.39. The van der Waals surface area contributed by atoms with Crippen LogP contribution in [0.15, 0.2) is 18.2 Å². The minimum Gasteiger partial charge on any atom is -0.385 e. The van der Waals surface area contributed by atoms with Gasteiger partial charge in [0.1, 0.15) is 0 Å². The summed E-state index contributed by atoms with van der Waals surface area (Å²) >= 11 is 0. The van der Waals surface area contributed by atoms with E-state index in [1.54, 1.807) is 0 Å². The third-order valence-corrected chi connectivity index (χ3v) is 2.47. The lowest BCUT2D eigenvalue weighted by Crippen LogP contribution is -2.12. The second-order valence-electron chi connectivity index (χ2n) is 4.81. The maximum absolute atomic E-state index is 3.39. The van der Waals surface area contributed by atoms with E-state index in [0.29, 0.717) is 0 Å². The number of benzene rings is 1. The molecule has 0 unspecified atom stereocenters. The van der Waals surface area contributed by atoms with E-state index in [1.807, 2.05) is 0 Å². The molecule has 78 valence electrons. The molecule has 0 aromatic heterocycles. The molecule has 14 heavy (non-hydrogen) atoms. The summed E-state index contributed by atoms with van der Waals surface area (Å²) in [5.74, 6) is 0. The molecule has 1 N–H and O–H groups in total. The number of rotatable bonds is 2. The molecule has 0 radical (unpaired) electrons. The SMILES string of the molecule is CCNc1cc(C(C)(C)C)ccc1C. The van der Waals surface area contributed by atoms with Gasteiger partial charge in [-0.3, -0.25) is 0 Å². The molecule has 0 bridgehead atoms. The molecule has 1 aromatic carbocycles. The van der Waals surface area contributed by atoms with Crippen molar-refractivity contribution in [3.63, 3.8) is 0 Å². The van der Waals surface area contributed by atoms with E-state index < -0.39 is 0 Å². The zero-order valence-electron chi connectivity index (χ0n) is 9.94. The first-order chi connectivity index (χ1) is 6.45. The third-order valence-electron chi connectivity index (χ3n) is 2.47. The molecular formula is C13H21N. The molecule has 0 aliphatic heterocycles. The van der Waals surface area contributed by atoms with Crippen LogP contribution in [0, 0.1) is 6.92 Å². The van der Waals surface area contributed by atoms with Gasteiger partial charge in [-0.1, -0.05) is 32.9 Å². The summed E-state index contributed by atoms with van der Waals surface area (Å²) < 4.78 is 0. The van der Waals surface area contributed by atoms with Crippen molar-refractivity contribution in [2.45, 2.75) is 40.0 Å². The van der Waals surface area contributed by atoms with Crippen molar-refractivity contribution >= 4 is 5.69 Å². The predicted molar refractivity (Wildman–Crippen MR) is 64.0 cm³/mol. The minimum absolute atomic E-state index is 0.234. The van der Waals surface area contributed by atoms with E-state index in [2.05, 4.69) is 58.1 Å². The molecule has 0 atom stereocenters. The van der Waals surface area contributed by atoms with Gasteiger partial charge in [-0.25, -0.2) is 0 Å². The second kappa shape index (κ2) is 4.04. The minimum atomic E-state index is 0.234. The van der Waals surface area contributed by atoms with Crippen LogP contribution in [0.1, 0.15) is 38.8 Å². The fraction of sp³-hybridized carbons (Fsp3) is 0.538. The van der Waals surface area contributed by atoms with Crippen molar-refractivity contribution in [3.05, 3.63) is 29.3 Å². The Morgan fingerprint density at radius 3 is 2.36 bits per heavy atom. The highest BCUT2D eigenvalue weighted by Crippen LogP contribution is 2.26. The van der Waals surface area contributed by atoms with Gasteiger partial charge in [0.15, 0.2) is 0 Å². The van der Waals surface area contributed by atoms with Crippen LogP contribution >= 0.6 is 0 Å². The highest BCUT2D eigenvalue weighted by molar-refractivity contribution is 5.53. The first-order valence-electron chi connectivity index (χ1n) is 5.30. The highest BCUT2D eigenvalue weighted by atomic mass is 14.9. The molecule has 1 heteroatoms. The van der Waals surface area contributed by atoms with Crippen LogP contribution in [-0.2, 0) is 5.41 Å². The molecule has 0 heterocycles. The molecule has 0 aliphatic rings. The summed E-state index contributed by atoms with van der Waals surface area (Å²) in [7, 11) is 0. The van der Waals surface area contributed by atoms with Gasteiger partial charge in [0, 0.05) is 12.2 Å². The highest BCUT2D eigenvalue weighted by Gasteiger charge is 2.14. The van der Waals surface area contributed by atoms with Gasteiger partial charge in [0.2, 0.25) is 0 Å². The van der Waals surface area contributed by atoms with E-state index in [0.717, 1.165) is 6.54 Å². The number of nitrogens with one attached hydrogen (secondary N) is 1. The Morgan fingerprint density at radius 2 is 1.86 bits per heavy atom. The van der Waals surface area contributed by atoms with E-state index in [4.69, 9.17) is 0 Å². The average Bonchev–Trinajstić information content (AvgIpc) is 2.07. The summed E-state index contributed by atoms with van der Waals surface area (Å²) in [6.07, 6.45) is 0. The van der Waals surface area contributed by atoms with Crippen molar-refractivity contribution in [1.82, 2.24) is 0 Å². The Balaban J connectivity index is 3.06. The van der Waals surface area contributed by atoms with Gasteiger partial charge in [0.25, 0.3) is 0 Å². The van der Waals surface area contributed by atoms with E-state index in [-0.39, 0.29) is 5.41 Å². The zero-order chi connectivity index (χ0) is 10.8. The van der Waals surface area contributed by atoms with Gasteiger partial charge in [-0.05, 0) is 36.5 Å². The summed E-state index contributed by atoms with van der Waals surface area (Å²) in [5.41, 5.74) is 4.21. The average molecular weight is 191 g/mol. The molecule has 0 aliphatic carbocycles. The molecule has 0 amide bonds. The quantitative estimate of drug-likeness (QED) is 0.751. The Labute approximate surface area is 87.5 Å².